The molecule has 1 saturated heterocycles. The van der Waals surface area contributed by atoms with E-state index in [1.165, 1.54) is 0 Å². The molecular formula is C16H23ClN2O2. The van der Waals surface area contributed by atoms with Crippen LogP contribution in [0.1, 0.15) is 32.8 Å². The summed E-state index contributed by atoms with van der Waals surface area (Å²) in [6, 6.07) is 7.55. The Hall–Kier alpha value is -1.26. The van der Waals surface area contributed by atoms with Crippen LogP contribution in [0.2, 0.25) is 5.02 Å². The first-order valence-corrected chi connectivity index (χ1v) is 7.64. The number of hydrogen-bond donors (Lipinski definition) is 1. The predicted octanol–water partition coefficient (Wildman–Crippen LogP) is 3.22. The first-order valence-electron chi connectivity index (χ1n) is 7.26. The molecule has 0 spiro atoms. The molecule has 1 aliphatic heterocycles. The highest BCUT2D eigenvalue weighted by Gasteiger charge is 2.37. The molecule has 4 nitrogen and oxygen atoms in total. The van der Waals surface area contributed by atoms with Crippen molar-refractivity contribution in [1.29, 1.82) is 0 Å². The highest BCUT2D eigenvalue weighted by atomic mass is 35.5. The molecule has 0 aliphatic carbocycles. The summed E-state index contributed by atoms with van der Waals surface area (Å²) in [4.78, 5) is 14.0. The predicted molar refractivity (Wildman–Crippen MR) is 84.5 cm³/mol. The van der Waals surface area contributed by atoms with Gasteiger partial charge in [-0.05, 0) is 45.2 Å². The summed E-state index contributed by atoms with van der Waals surface area (Å²) >= 11 is 6.21. The van der Waals surface area contributed by atoms with E-state index in [-0.39, 0.29) is 18.2 Å². The first-order chi connectivity index (χ1) is 9.78. The highest BCUT2D eigenvalue weighted by molar-refractivity contribution is 6.31. The number of nitrogens with two attached hydrogens (primary N) is 1. The third kappa shape index (κ3) is 4.11. The van der Waals surface area contributed by atoms with Crippen LogP contribution in [0.3, 0.4) is 0 Å². The number of carbonyl (C=O) groups is 1. The summed E-state index contributed by atoms with van der Waals surface area (Å²) in [5.41, 5.74) is 6.68. The largest absolute Gasteiger partial charge is 0.444 e. The molecular weight excluding hydrogens is 288 g/mol. The number of carbonyl (C=O) groups excluding carboxylic acids is 1. The molecule has 1 fully saturated rings. The van der Waals surface area contributed by atoms with Gasteiger partial charge in [0.15, 0.2) is 0 Å². The van der Waals surface area contributed by atoms with Crippen LogP contribution >= 0.6 is 11.6 Å². The van der Waals surface area contributed by atoms with Crippen molar-refractivity contribution >= 4 is 17.7 Å². The van der Waals surface area contributed by atoms with Gasteiger partial charge in [-0.2, -0.15) is 0 Å². The number of nitrogens with zero attached hydrogens (tertiary/aromatic N) is 1. The third-order valence-electron chi connectivity index (χ3n) is 3.61. The van der Waals surface area contributed by atoms with Crippen LogP contribution in [0.5, 0.6) is 0 Å². The Labute approximate surface area is 131 Å². The molecule has 5 heteroatoms. The Balaban J connectivity index is 2.12. The van der Waals surface area contributed by atoms with Gasteiger partial charge in [0.05, 0.1) is 6.04 Å². The van der Waals surface area contributed by atoms with E-state index in [1.54, 1.807) is 4.90 Å². The van der Waals surface area contributed by atoms with Gasteiger partial charge >= 0.3 is 6.09 Å². The Bertz CT molecular complexity index is 513. The molecule has 2 N–H and O–H groups in total. The number of benzene rings is 1. The Morgan fingerprint density at radius 2 is 2.10 bits per heavy atom. The van der Waals surface area contributed by atoms with Crippen molar-refractivity contribution in [1.82, 2.24) is 4.90 Å². The molecule has 1 heterocycles. The molecule has 0 aromatic heterocycles. The quantitative estimate of drug-likeness (QED) is 0.912. The van der Waals surface area contributed by atoms with Gasteiger partial charge in [0.1, 0.15) is 5.60 Å². The number of halogens is 1. The molecule has 1 aromatic carbocycles. The van der Waals surface area contributed by atoms with Gasteiger partial charge in [-0.1, -0.05) is 29.8 Å². The standard InChI is InChI=1S/C16H23ClN2O2/c1-16(2,3)21-15(20)19-9-8-13(18)14(19)10-11-6-4-5-7-12(11)17/h4-7,13-14H,8-10,18H2,1-3H3/t13-,14+/m1/s1. The van der Waals surface area contributed by atoms with E-state index in [0.717, 1.165) is 12.0 Å². The van der Waals surface area contributed by atoms with Crippen LogP contribution in [-0.2, 0) is 11.2 Å². The van der Waals surface area contributed by atoms with Gasteiger partial charge in [-0.15, -0.1) is 0 Å². The molecule has 0 bridgehead atoms. The number of rotatable bonds is 2. The topological polar surface area (TPSA) is 55.6 Å². The number of ether oxygens (including phenoxy) is 1. The fraction of sp³-hybridized carbons (Fsp3) is 0.562. The van der Waals surface area contributed by atoms with Gasteiger partial charge in [0.2, 0.25) is 0 Å². The van der Waals surface area contributed by atoms with E-state index < -0.39 is 5.60 Å². The van der Waals surface area contributed by atoms with Crippen LogP contribution < -0.4 is 5.73 Å². The Kier molecular flexibility index (Phi) is 4.79. The van der Waals surface area contributed by atoms with Crippen molar-refractivity contribution in [2.75, 3.05) is 6.54 Å². The lowest BCUT2D eigenvalue weighted by molar-refractivity contribution is 0.0220. The molecule has 2 rings (SSSR count). The van der Waals surface area contributed by atoms with Crippen molar-refractivity contribution in [3.63, 3.8) is 0 Å². The minimum Gasteiger partial charge on any atom is -0.444 e. The summed E-state index contributed by atoms with van der Waals surface area (Å²) in [5.74, 6) is 0. The molecule has 0 unspecified atom stereocenters. The smallest absolute Gasteiger partial charge is 0.410 e. The zero-order chi connectivity index (χ0) is 15.6. The maximum Gasteiger partial charge on any atom is 0.410 e. The number of likely N-dealkylation sites (tertiary alicyclic amines) is 1. The Morgan fingerprint density at radius 3 is 2.71 bits per heavy atom. The fourth-order valence-electron chi connectivity index (χ4n) is 2.58. The lowest BCUT2D eigenvalue weighted by atomic mass is 10.0. The minimum absolute atomic E-state index is 0.0474. The molecule has 21 heavy (non-hydrogen) atoms. The van der Waals surface area contributed by atoms with E-state index in [0.29, 0.717) is 18.0 Å². The molecule has 116 valence electrons. The second kappa shape index (κ2) is 6.24. The summed E-state index contributed by atoms with van der Waals surface area (Å²) in [6.07, 6.45) is 1.14. The summed E-state index contributed by atoms with van der Waals surface area (Å²) in [7, 11) is 0. The third-order valence-corrected chi connectivity index (χ3v) is 3.98. The SMILES string of the molecule is CC(C)(C)OC(=O)N1CC[C@@H](N)[C@@H]1Cc1ccccc1Cl. The van der Waals surface area contributed by atoms with Gasteiger partial charge in [-0.25, -0.2) is 4.79 Å². The average Bonchev–Trinajstić information content (AvgIpc) is 2.72. The summed E-state index contributed by atoms with van der Waals surface area (Å²) in [6.45, 7) is 6.23. The summed E-state index contributed by atoms with van der Waals surface area (Å²) < 4.78 is 5.47. The Morgan fingerprint density at radius 1 is 1.43 bits per heavy atom. The van der Waals surface area contributed by atoms with E-state index in [2.05, 4.69) is 0 Å². The molecule has 2 atom stereocenters. The zero-order valence-corrected chi connectivity index (χ0v) is 13.6. The lowest BCUT2D eigenvalue weighted by Gasteiger charge is -2.30. The molecule has 1 aliphatic rings. The highest BCUT2D eigenvalue weighted by Crippen LogP contribution is 2.26. The van der Waals surface area contributed by atoms with Crippen LogP contribution in [0.4, 0.5) is 4.79 Å². The molecule has 0 radical (unpaired) electrons. The number of amides is 1. The van der Waals surface area contributed by atoms with Crippen LogP contribution in [0.25, 0.3) is 0 Å². The normalized spacial score (nSPS) is 22.4. The second-order valence-electron chi connectivity index (χ2n) is 6.49. The molecule has 1 amide bonds. The molecule has 1 aromatic rings. The zero-order valence-electron chi connectivity index (χ0n) is 12.8. The van der Waals surface area contributed by atoms with Crippen LogP contribution in [0.15, 0.2) is 24.3 Å². The van der Waals surface area contributed by atoms with Gasteiger partial charge < -0.3 is 15.4 Å². The lowest BCUT2D eigenvalue weighted by Crippen LogP contribution is -2.46. The second-order valence-corrected chi connectivity index (χ2v) is 6.90. The maximum atomic E-state index is 12.3. The van der Waals surface area contributed by atoms with Crippen molar-refractivity contribution in [3.05, 3.63) is 34.9 Å². The van der Waals surface area contributed by atoms with Crippen molar-refractivity contribution in [2.45, 2.75) is 51.3 Å². The van der Waals surface area contributed by atoms with Crippen molar-refractivity contribution in [2.24, 2.45) is 5.73 Å². The summed E-state index contributed by atoms with van der Waals surface area (Å²) in [5, 5.41) is 0.709. The average molecular weight is 311 g/mol. The van der Waals surface area contributed by atoms with Gasteiger partial charge in [-0.3, -0.25) is 0 Å². The van der Waals surface area contributed by atoms with Crippen LogP contribution in [0, 0.1) is 0 Å². The molecule has 0 saturated carbocycles. The first kappa shape index (κ1) is 16.1. The maximum absolute atomic E-state index is 12.3. The van der Waals surface area contributed by atoms with E-state index in [9.17, 15) is 4.79 Å². The van der Waals surface area contributed by atoms with Crippen molar-refractivity contribution in [3.8, 4) is 0 Å². The van der Waals surface area contributed by atoms with Gasteiger partial charge in [0, 0.05) is 17.6 Å². The monoisotopic (exact) mass is 310 g/mol. The number of hydrogen-bond acceptors (Lipinski definition) is 3. The van der Waals surface area contributed by atoms with E-state index in [4.69, 9.17) is 22.1 Å². The fourth-order valence-corrected chi connectivity index (χ4v) is 2.79. The van der Waals surface area contributed by atoms with E-state index in [1.807, 2.05) is 45.0 Å². The minimum atomic E-state index is -0.501. The van der Waals surface area contributed by atoms with Gasteiger partial charge in [0.25, 0.3) is 0 Å². The van der Waals surface area contributed by atoms with Crippen LogP contribution in [-0.4, -0.2) is 35.2 Å². The van der Waals surface area contributed by atoms with Crippen molar-refractivity contribution < 1.29 is 9.53 Å². The van der Waals surface area contributed by atoms with E-state index >= 15 is 0 Å².